The zero-order chi connectivity index (χ0) is 18.4. The summed E-state index contributed by atoms with van der Waals surface area (Å²) in [4.78, 5) is 24.5. The minimum absolute atomic E-state index is 0.0776. The van der Waals surface area contributed by atoms with Crippen molar-refractivity contribution in [1.82, 2.24) is 5.32 Å². The smallest absolute Gasteiger partial charge is 0.339 e. The molecule has 1 aromatic carbocycles. The molecule has 2 N–H and O–H groups in total. The van der Waals surface area contributed by atoms with Crippen LogP contribution in [-0.4, -0.2) is 36.2 Å². The van der Waals surface area contributed by atoms with E-state index in [0.29, 0.717) is 23.6 Å². The van der Waals surface area contributed by atoms with Gasteiger partial charge in [-0.3, -0.25) is 4.79 Å². The number of thioether (sulfide) groups is 1. The summed E-state index contributed by atoms with van der Waals surface area (Å²) in [5, 5.41) is 12.1. The number of rotatable bonds is 7. The summed E-state index contributed by atoms with van der Waals surface area (Å²) in [6, 6.07) is 8.70. The van der Waals surface area contributed by atoms with Crippen LogP contribution in [0.5, 0.6) is 0 Å². The number of carbonyl (C=O) groups is 2. The fourth-order valence-electron chi connectivity index (χ4n) is 2.84. The Bertz CT molecular complexity index is 767. The Labute approximate surface area is 155 Å². The highest BCUT2D eigenvalue weighted by Gasteiger charge is 2.18. The van der Waals surface area contributed by atoms with Crippen molar-refractivity contribution in [2.75, 3.05) is 13.2 Å². The molecule has 2 heterocycles. The number of amides is 1. The zero-order valence-corrected chi connectivity index (χ0v) is 15.1. The fraction of sp³-hybridized carbons (Fsp3) is 0.368. The lowest BCUT2D eigenvalue weighted by Gasteiger charge is -2.22. The standard InChI is InChI=1S/C19H21NO5S/c21-18(20-11-13-5-3-4-9-24-13)15-6-1-2-7-17(15)26-12-16-14(19(22)23)8-10-25-16/h1-2,6-8,10,13H,3-5,9,11-12H2,(H,20,21)(H,22,23). The second-order valence-corrected chi connectivity index (χ2v) is 7.06. The molecule has 1 aliphatic heterocycles. The molecule has 1 fully saturated rings. The summed E-state index contributed by atoms with van der Waals surface area (Å²) < 4.78 is 10.9. The van der Waals surface area contributed by atoms with E-state index in [1.54, 1.807) is 6.07 Å². The van der Waals surface area contributed by atoms with Crippen LogP contribution in [0.4, 0.5) is 0 Å². The molecule has 7 heteroatoms. The van der Waals surface area contributed by atoms with E-state index in [2.05, 4.69) is 5.32 Å². The van der Waals surface area contributed by atoms with Crippen LogP contribution in [0.3, 0.4) is 0 Å². The van der Waals surface area contributed by atoms with E-state index in [1.807, 2.05) is 18.2 Å². The van der Waals surface area contributed by atoms with Gasteiger partial charge in [-0.15, -0.1) is 11.8 Å². The van der Waals surface area contributed by atoms with Crippen LogP contribution in [-0.2, 0) is 10.5 Å². The molecular formula is C19H21NO5S. The third kappa shape index (κ3) is 4.68. The molecular weight excluding hydrogens is 354 g/mol. The molecule has 6 nitrogen and oxygen atoms in total. The van der Waals surface area contributed by atoms with Crippen molar-refractivity contribution in [3.8, 4) is 0 Å². The number of carboxylic acid groups (broad SMARTS) is 1. The molecule has 138 valence electrons. The summed E-state index contributed by atoms with van der Waals surface area (Å²) in [5.74, 6) is -0.452. The van der Waals surface area contributed by atoms with Crippen molar-refractivity contribution >= 4 is 23.6 Å². The average Bonchev–Trinajstić information content (AvgIpc) is 3.14. The number of ether oxygens (including phenoxy) is 1. The topological polar surface area (TPSA) is 88.8 Å². The minimum atomic E-state index is -1.02. The van der Waals surface area contributed by atoms with Gasteiger partial charge in [-0.2, -0.15) is 0 Å². The molecule has 1 amide bonds. The molecule has 1 unspecified atom stereocenters. The highest BCUT2D eigenvalue weighted by atomic mass is 32.2. The Balaban J connectivity index is 1.62. The Hall–Kier alpha value is -2.25. The van der Waals surface area contributed by atoms with Gasteiger partial charge < -0.3 is 19.6 Å². The van der Waals surface area contributed by atoms with Crippen LogP contribution in [0, 0.1) is 0 Å². The molecule has 0 saturated carbocycles. The van der Waals surface area contributed by atoms with E-state index in [4.69, 9.17) is 14.3 Å². The summed E-state index contributed by atoms with van der Waals surface area (Å²) >= 11 is 1.38. The van der Waals surface area contributed by atoms with Crippen molar-refractivity contribution in [2.45, 2.75) is 36.0 Å². The number of carbonyl (C=O) groups excluding carboxylic acids is 1. The van der Waals surface area contributed by atoms with Crippen molar-refractivity contribution in [1.29, 1.82) is 0 Å². The first-order valence-electron chi connectivity index (χ1n) is 8.56. The summed E-state index contributed by atoms with van der Waals surface area (Å²) in [6.45, 7) is 1.25. The molecule has 1 atom stereocenters. The molecule has 26 heavy (non-hydrogen) atoms. The van der Waals surface area contributed by atoms with E-state index in [-0.39, 0.29) is 17.6 Å². The maximum atomic E-state index is 12.5. The van der Waals surface area contributed by atoms with Gasteiger partial charge in [0, 0.05) is 18.0 Å². The fourth-order valence-corrected chi connectivity index (χ4v) is 3.84. The highest BCUT2D eigenvalue weighted by molar-refractivity contribution is 7.98. The first-order chi connectivity index (χ1) is 12.6. The van der Waals surface area contributed by atoms with Crippen molar-refractivity contribution < 1.29 is 23.8 Å². The Morgan fingerprint density at radius 1 is 1.19 bits per heavy atom. The third-order valence-electron chi connectivity index (χ3n) is 4.23. The van der Waals surface area contributed by atoms with Crippen LogP contribution >= 0.6 is 11.8 Å². The molecule has 0 aliphatic carbocycles. The van der Waals surface area contributed by atoms with Gasteiger partial charge in [0.2, 0.25) is 0 Å². The van der Waals surface area contributed by atoms with E-state index in [0.717, 1.165) is 30.8 Å². The van der Waals surface area contributed by atoms with Gasteiger partial charge in [0.1, 0.15) is 11.3 Å². The molecule has 2 aromatic rings. The van der Waals surface area contributed by atoms with Gasteiger partial charge in [0.15, 0.2) is 0 Å². The maximum absolute atomic E-state index is 12.5. The minimum Gasteiger partial charge on any atom is -0.478 e. The Morgan fingerprint density at radius 2 is 2.04 bits per heavy atom. The lowest BCUT2D eigenvalue weighted by molar-refractivity contribution is 0.0169. The van der Waals surface area contributed by atoms with Gasteiger partial charge in [-0.25, -0.2) is 4.79 Å². The maximum Gasteiger partial charge on any atom is 0.339 e. The zero-order valence-electron chi connectivity index (χ0n) is 14.3. The Morgan fingerprint density at radius 3 is 2.81 bits per heavy atom. The van der Waals surface area contributed by atoms with Crippen molar-refractivity contribution in [3.63, 3.8) is 0 Å². The summed E-state index contributed by atoms with van der Waals surface area (Å²) in [7, 11) is 0. The number of carboxylic acids is 1. The number of benzene rings is 1. The van der Waals surface area contributed by atoms with Gasteiger partial charge in [0.05, 0.1) is 23.7 Å². The largest absolute Gasteiger partial charge is 0.478 e. The normalized spacial score (nSPS) is 17.0. The second-order valence-electron chi connectivity index (χ2n) is 6.05. The predicted molar refractivity (Wildman–Crippen MR) is 97.6 cm³/mol. The van der Waals surface area contributed by atoms with Gasteiger partial charge in [-0.1, -0.05) is 12.1 Å². The number of aromatic carboxylic acids is 1. The lowest BCUT2D eigenvalue weighted by Crippen LogP contribution is -2.35. The van der Waals surface area contributed by atoms with Crippen LogP contribution in [0.15, 0.2) is 45.9 Å². The number of furan rings is 1. The summed E-state index contributed by atoms with van der Waals surface area (Å²) in [5.41, 5.74) is 0.714. The van der Waals surface area contributed by atoms with Gasteiger partial charge in [0.25, 0.3) is 5.91 Å². The Kier molecular flexibility index (Phi) is 6.35. The highest BCUT2D eigenvalue weighted by Crippen LogP contribution is 2.28. The quantitative estimate of drug-likeness (QED) is 0.719. The number of hydrogen-bond donors (Lipinski definition) is 2. The summed E-state index contributed by atoms with van der Waals surface area (Å²) in [6.07, 6.45) is 4.61. The molecule has 1 saturated heterocycles. The molecule has 3 rings (SSSR count). The van der Waals surface area contributed by atoms with E-state index in [9.17, 15) is 9.59 Å². The molecule has 1 aromatic heterocycles. The van der Waals surface area contributed by atoms with Crippen molar-refractivity contribution in [3.05, 3.63) is 53.5 Å². The first kappa shape index (κ1) is 18.5. The van der Waals surface area contributed by atoms with Crippen LogP contribution < -0.4 is 5.32 Å². The molecule has 0 radical (unpaired) electrons. The number of hydrogen-bond acceptors (Lipinski definition) is 5. The average molecular weight is 375 g/mol. The van der Waals surface area contributed by atoms with E-state index in [1.165, 1.54) is 24.1 Å². The molecule has 0 bridgehead atoms. The first-order valence-corrected chi connectivity index (χ1v) is 9.55. The van der Waals surface area contributed by atoms with Crippen molar-refractivity contribution in [2.24, 2.45) is 0 Å². The van der Waals surface area contributed by atoms with E-state index < -0.39 is 5.97 Å². The lowest BCUT2D eigenvalue weighted by atomic mass is 10.1. The second kappa shape index (κ2) is 8.91. The SMILES string of the molecule is O=C(NCC1CCCCO1)c1ccccc1SCc1occc1C(=O)O. The van der Waals surface area contributed by atoms with Crippen LogP contribution in [0.25, 0.3) is 0 Å². The monoisotopic (exact) mass is 375 g/mol. The van der Waals surface area contributed by atoms with Gasteiger partial charge in [-0.05, 0) is 37.5 Å². The van der Waals surface area contributed by atoms with E-state index >= 15 is 0 Å². The third-order valence-corrected chi connectivity index (χ3v) is 5.30. The van der Waals surface area contributed by atoms with Gasteiger partial charge >= 0.3 is 5.97 Å². The number of nitrogens with one attached hydrogen (secondary N) is 1. The van der Waals surface area contributed by atoms with Crippen LogP contribution in [0.2, 0.25) is 0 Å². The van der Waals surface area contributed by atoms with Crippen LogP contribution in [0.1, 0.15) is 45.7 Å². The molecule has 1 aliphatic rings. The predicted octanol–water partition coefficient (Wildman–Crippen LogP) is 3.57. The molecule has 0 spiro atoms.